The SMILES string of the molecule is CN(C)CCN(Cc1ccc(Br)cc1)C(=O)Nc1cccc(N2CCOC2=O)c1. The van der Waals surface area contributed by atoms with E-state index in [1.54, 1.807) is 15.9 Å². The first-order valence-corrected chi connectivity index (χ1v) is 10.2. The van der Waals surface area contributed by atoms with Crippen LogP contribution in [-0.4, -0.2) is 62.3 Å². The molecule has 1 fully saturated rings. The summed E-state index contributed by atoms with van der Waals surface area (Å²) in [5, 5.41) is 2.96. The summed E-state index contributed by atoms with van der Waals surface area (Å²) in [5.74, 6) is 0. The summed E-state index contributed by atoms with van der Waals surface area (Å²) in [6, 6.07) is 15.0. The molecule has 0 radical (unpaired) electrons. The number of hydrogen-bond donors (Lipinski definition) is 1. The molecule has 0 spiro atoms. The van der Waals surface area contributed by atoms with Crippen LogP contribution in [0.2, 0.25) is 0 Å². The number of nitrogens with zero attached hydrogens (tertiary/aromatic N) is 3. The zero-order valence-electron chi connectivity index (χ0n) is 16.6. The van der Waals surface area contributed by atoms with E-state index in [1.165, 1.54) is 0 Å². The van der Waals surface area contributed by atoms with Gasteiger partial charge in [0.25, 0.3) is 0 Å². The highest BCUT2D eigenvalue weighted by Gasteiger charge is 2.24. The van der Waals surface area contributed by atoms with Gasteiger partial charge in [0.1, 0.15) is 6.61 Å². The Morgan fingerprint density at radius 1 is 1.17 bits per heavy atom. The highest BCUT2D eigenvalue weighted by molar-refractivity contribution is 9.10. The van der Waals surface area contributed by atoms with E-state index in [-0.39, 0.29) is 12.1 Å². The molecule has 8 heteroatoms. The largest absolute Gasteiger partial charge is 0.447 e. The summed E-state index contributed by atoms with van der Waals surface area (Å²) in [6.07, 6.45) is -0.365. The van der Waals surface area contributed by atoms with Crippen LogP contribution in [0.25, 0.3) is 0 Å². The van der Waals surface area contributed by atoms with Crippen molar-refractivity contribution in [3.8, 4) is 0 Å². The average molecular weight is 461 g/mol. The molecule has 1 N–H and O–H groups in total. The summed E-state index contributed by atoms with van der Waals surface area (Å²) in [4.78, 5) is 30.1. The molecule has 0 bridgehead atoms. The molecular formula is C21H25BrN4O3. The first-order chi connectivity index (χ1) is 13.9. The third-order valence-electron chi connectivity index (χ3n) is 4.56. The number of nitrogens with one attached hydrogen (secondary N) is 1. The van der Waals surface area contributed by atoms with Crippen molar-refractivity contribution in [3.63, 3.8) is 0 Å². The lowest BCUT2D eigenvalue weighted by Crippen LogP contribution is -2.39. The fourth-order valence-electron chi connectivity index (χ4n) is 2.97. The van der Waals surface area contributed by atoms with Crippen molar-refractivity contribution in [1.29, 1.82) is 0 Å². The van der Waals surface area contributed by atoms with E-state index in [2.05, 4.69) is 21.2 Å². The normalized spacial score (nSPS) is 13.5. The molecule has 154 valence electrons. The number of hydrogen-bond acceptors (Lipinski definition) is 4. The van der Waals surface area contributed by atoms with Gasteiger partial charge in [-0.2, -0.15) is 0 Å². The molecule has 0 unspecified atom stereocenters. The Balaban J connectivity index is 1.71. The Morgan fingerprint density at radius 3 is 2.59 bits per heavy atom. The van der Waals surface area contributed by atoms with Gasteiger partial charge in [-0.1, -0.05) is 34.1 Å². The van der Waals surface area contributed by atoms with Gasteiger partial charge in [0, 0.05) is 35.5 Å². The van der Waals surface area contributed by atoms with Gasteiger partial charge in [0.15, 0.2) is 0 Å². The van der Waals surface area contributed by atoms with Gasteiger partial charge in [0.2, 0.25) is 0 Å². The number of ether oxygens (including phenoxy) is 1. The maximum Gasteiger partial charge on any atom is 0.414 e. The molecule has 29 heavy (non-hydrogen) atoms. The van der Waals surface area contributed by atoms with Gasteiger partial charge in [-0.05, 0) is 50.0 Å². The number of benzene rings is 2. The molecule has 1 saturated heterocycles. The van der Waals surface area contributed by atoms with Crippen LogP contribution in [0.4, 0.5) is 21.0 Å². The second-order valence-electron chi connectivity index (χ2n) is 7.10. The van der Waals surface area contributed by atoms with Crippen molar-refractivity contribution in [2.24, 2.45) is 0 Å². The number of amides is 3. The van der Waals surface area contributed by atoms with E-state index in [4.69, 9.17) is 4.74 Å². The fraction of sp³-hybridized carbons (Fsp3) is 0.333. The molecule has 0 aromatic heterocycles. The first-order valence-electron chi connectivity index (χ1n) is 9.42. The first kappa shape index (κ1) is 21.1. The predicted molar refractivity (Wildman–Crippen MR) is 117 cm³/mol. The van der Waals surface area contributed by atoms with E-state index in [9.17, 15) is 9.59 Å². The lowest BCUT2D eigenvalue weighted by atomic mass is 10.2. The van der Waals surface area contributed by atoms with Crippen molar-refractivity contribution in [2.45, 2.75) is 6.54 Å². The third-order valence-corrected chi connectivity index (χ3v) is 5.09. The van der Waals surface area contributed by atoms with E-state index >= 15 is 0 Å². The lowest BCUT2D eigenvalue weighted by Gasteiger charge is -2.25. The van der Waals surface area contributed by atoms with Crippen molar-refractivity contribution >= 4 is 39.4 Å². The van der Waals surface area contributed by atoms with Crippen LogP contribution in [0.3, 0.4) is 0 Å². The molecule has 3 amide bonds. The Labute approximate surface area is 179 Å². The van der Waals surface area contributed by atoms with Crippen LogP contribution in [0.5, 0.6) is 0 Å². The predicted octanol–water partition coefficient (Wildman–Crippen LogP) is 4.00. The van der Waals surface area contributed by atoms with Gasteiger partial charge in [-0.15, -0.1) is 0 Å². The van der Waals surface area contributed by atoms with Crippen LogP contribution in [0, 0.1) is 0 Å². The Morgan fingerprint density at radius 2 is 1.93 bits per heavy atom. The topological polar surface area (TPSA) is 65.1 Å². The Bertz CT molecular complexity index is 857. The number of halogens is 1. The molecule has 7 nitrogen and oxygen atoms in total. The molecule has 1 heterocycles. The quantitative estimate of drug-likeness (QED) is 0.677. The van der Waals surface area contributed by atoms with E-state index in [0.29, 0.717) is 37.6 Å². The zero-order chi connectivity index (χ0) is 20.8. The van der Waals surface area contributed by atoms with Gasteiger partial charge in [-0.25, -0.2) is 9.59 Å². The fourth-order valence-corrected chi connectivity index (χ4v) is 3.23. The van der Waals surface area contributed by atoms with Crippen molar-refractivity contribution in [1.82, 2.24) is 9.80 Å². The second-order valence-corrected chi connectivity index (χ2v) is 8.01. The third kappa shape index (κ3) is 5.95. The number of cyclic esters (lactones) is 1. The monoisotopic (exact) mass is 460 g/mol. The van der Waals surface area contributed by atoms with E-state index in [1.807, 2.05) is 61.5 Å². The summed E-state index contributed by atoms with van der Waals surface area (Å²) in [7, 11) is 3.96. The number of anilines is 2. The summed E-state index contributed by atoms with van der Waals surface area (Å²) in [5.41, 5.74) is 2.39. The van der Waals surface area contributed by atoms with Gasteiger partial charge in [0.05, 0.1) is 6.54 Å². The summed E-state index contributed by atoms with van der Waals surface area (Å²) >= 11 is 3.44. The van der Waals surface area contributed by atoms with Gasteiger partial charge < -0.3 is 19.9 Å². The van der Waals surface area contributed by atoms with Gasteiger partial charge >= 0.3 is 12.1 Å². The highest BCUT2D eigenvalue weighted by Crippen LogP contribution is 2.23. The average Bonchev–Trinajstić information content (AvgIpc) is 3.12. The number of likely N-dealkylation sites (N-methyl/N-ethyl adjacent to an activating group) is 1. The molecular weight excluding hydrogens is 436 g/mol. The Kier molecular flexibility index (Phi) is 7.11. The number of carbonyl (C=O) groups is 2. The van der Waals surface area contributed by atoms with Gasteiger partial charge in [-0.3, -0.25) is 4.90 Å². The molecule has 3 rings (SSSR count). The zero-order valence-corrected chi connectivity index (χ0v) is 18.2. The van der Waals surface area contributed by atoms with Crippen molar-refractivity contribution < 1.29 is 14.3 Å². The lowest BCUT2D eigenvalue weighted by molar-refractivity contribution is 0.181. The maximum atomic E-state index is 13.0. The van der Waals surface area contributed by atoms with Crippen LogP contribution in [0.1, 0.15) is 5.56 Å². The van der Waals surface area contributed by atoms with Crippen LogP contribution in [-0.2, 0) is 11.3 Å². The van der Waals surface area contributed by atoms with Crippen LogP contribution in [0.15, 0.2) is 53.0 Å². The molecule has 0 aliphatic carbocycles. The maximum absolute atomic E-state index is 13.0. The smallest absolute Gasteiger partial charge is 0.414 e. The summed E-state index contributed by atoms with van der Waals surface area (Å²) in [6.45, 7) is 2.73. The molecule has 0 atom stereocenters. The van der Waals surface area contributed by atoms with Crippen molar-refractivity contribution in [2.75, 3.05) is 50.6 Å². The highest BCUT2D eigenvalue weighted by atomic mass is 79.9. The number of urea groups is 1. The minimum Gasteiger partial charge on any atom is -0.447 e. The standard InChI is InChI=1S/C21H25BrN4O3/c1-24(2)10-11-25(15-16-6-8-17(22)9-7-16)20(27)23-18-4-3-5-19(14-18)26-12-13-29-21(26)28/h3-9,14H,10-13,15H2,1-2H3,(H,23,27). The number of carbonyl (C=O) groups excluding carboxylic acids is 2. The minimum absolute atomic E-state index is 0.184. The molecule has 0 saturated carbocycles. The molecule has 1 aliphatic heterocycles. The summed E-state index contributed by atoms with van der Waals surface area (Å²) < 4.78 is 5.99. The molecule has 2 aromatic carbocycles. The van der Waals surface area contributed by atoms with Crippen LogP contribution < -0.4 is 10.2 Å². The molecule has 1 aliphatic rings. The van der Waals surface area contributed by atoms with E-state index in [0.717, 1.165) is 16.6 Å². The van der Waals surface area contributed by atoms with Crippen LogP contribution >= 0.6 is 15.9 Å². The number of rotatable bonds is 7. The van der Waals surface area contributed by atoms with Crippen molar-refractivity contribution in [3.05, 3.63) is 58.6 Å². The Hall–Kier alpha value is -2.58. The molecule has 2 aromatic rings. The second kappa shape index (κ2) is 9.76. The van der Waals surface area contributed by atoms with E-state index < -0.39 is 0 Å². The minimum atomic E-state index is -0.365.